The van der Waals surface area contributed by atoms with Gasteiger partial charge >= 0.3 is 0 Å². The Morgan fingerprint density at radius 1 is 1.10 bits per heavy atom. The molecule has 0 fully saturated rings. The summed E-state index contributed by atoms with van der Waals surface area (Å²) in [5.41, 5.74) is 1.36. The first-order valence-corrected chi connectivity index (χ1v) is 8.49. The molecule has 0 aliphatic carbocycles. The molecule has 3 heterocycles. The number of benzene rings is 1. The summed E-state index contributed by atoms with van der Waals surface area (Å²) in [6, 6.07) is 10.0. The second-order valence-electron chi connectivity index (χ2n) is 6.02. The molecular weight excluding hydrogens is 376 g/mol. The Morgan fingerprint density at radius 3 is 2.59 bits per heavy atom. The number of hydrogen-bond donors (Lipinski definition) is 3. The molecule has 4 rings (SSSR count). The summed E-state index contributed by atoms with van der Waals surface area (Å²) >= 11 is 0. The summed E-state index contributed by atoms with van der Waals surface area (Å²) in [6.07, 6.45) is 4.27. The molecule has 0 aliphatic rings. The fourth-order valence-electron chi connectivity index (χ4n) is 2.67. The number of carbonyl (C=O) groups excluding carboxylic acids is 2. The highest BCUT2D eigenvalue weighted by Crippen LogP contribution is 2.19. The van der Waals surface area contributed by atoms with Crippen molar-refractivity contribution in [2.24, 2.45) is 0 Å². The van der Waals surface area contributed by atoms with Crippen LogP contribution in [0, 0.1) is 0 Å². The second kappa shape index (κ2) is 7.68. The summed E-state index contributed by atoms with van der Waals surface area (Å²) < 4.78 is 1.23. The topological polar surface area (TPSA) is 151 Å². The Hall–Kier alpha value is -4.41. The third-order valence-corrected chi connectivity index (χ3v) is 4.07. The quantitative estimate of drug-likeness (QED) is 0.452. The SMILES string of the molecule is O=C(Cc1nn[nH]n1)Nc1ccc(-c2ccc(C(=O)n3ccnc3)c(=O)[nH]2)cc1. The maximum atomic E-state index is 12.3. The summed E-state index contributed by atoms with van der Waals surface area (Å²) in [5, 5.41) is 15.9. The summed E-state index contributed by atoms with van der Waals surface area (Å²) in [7, 11) is 0. The van der Waals surface area contributed by atoms with Gasteiger partial charge in [-0.2, -0.15) is 5.21 Å². The lowest BCUT2D eigenvalue weighted by Crippen LogP contribution is -2.22. The fourth-order valence-corrected chi connectivity index (χ4v) is 2.67. The van der Waals surface area contributed by atoms with Crippen LogP contribution in [0.5, 0.6) is 0 Å². The van der Waals surface area contributed by atoms with E-state index in [-0.39, 0.29) is 17.9 Å². The summed E-state index contributed by atoms with van der Waals surface area (Å²) in [5.74, 6) is -0.452. The zero-order chi connectivity index (χ0) is 20.2. The number of aromatic nitrogens is 7. The summed E-state index contributed by atoms with van der Waals surface area (Å²) in [4.78, 5) is 43.1. The molecule has 3 aromatic heterocycles. The zero-order valence-corrected chi connectivity index (χ0v) is 14.9. The monoisotopic (exact) mass is 390 g/mol. The second-order valence-corrected chi connectivity index (χ2v) is 6.02. The lowest BCUT2D eigenvalue weighted by Gasteiger charge is -2.07. The van der Waals surface area contributed by atoms with Crippen molar-refractivity contribution in [2.45, 2.75) is 6.42 Å². The Balaban J connectivity index is 1.47. The number of tetrazole rings is 1. The van der Waals surface area contributed by atoms with Gasteiger partial charge in [-0.25, -0.2) is 4.98 Å². The van der Waals surface area contributed by atoms with Crippen molar-refractivity contribution in [3.8, 4) is 11.3 Å². The number of pyridine rings is 1. The highest BCUT2D eigenvalue weighted by Gasteiger charge is 2.13. The van der Waals surface area contributed by atoms with E-state index < -0.39 is 11.5 Å². The Bertz CT molecular complexity index is 1190. The number of rotatable bonds is 5. The first-order chi connectivity index (χ1) is 14.1. The van der Waals surface area contributed by atoms with E-state index in [2.05, 4.69) is 35.9 Å². The first kappa shape index (κ1) is 18.0. The minimum absolute atomic E-state index is 0.00201. The van der Waals surface area contributed by atoms with Crippen LogP contribution in [0.25, 0.3) is 11.3 Å². The molecular formula is C18H14N8O3. The molecule has 3 N–H and O–H groups in total. The zero-order valence-electron chi connectivity index (χ0n) is 14.9. The number of nitrogens with zero attached hydrogens (tertiary/aromatic N) is 5. The highest BCUT2D eigenvalue weighted by atomic mass is 16.2. The molecule has 144 valence electrons. The molecule has 0 aliphatic heterocycles. The van der Waals surface area contributed by atoms with Crippen LogP contribution in [0.1, 0.15) is 16.2 Å². The van der Waals surface area contributed by atoms with Crippen molar-refractivity contribution in [3.63, 3.8) is 0 Å². The van der Waals surface area contributed by atoms with Gasteiger partial charge in [0, 0.05) is 23.8 Å². The van der Waals surface area contributed by atoms with Gasteiger partial charge in [-0.1, -0.05) is 17.3 Å². The molecule has 0 saturated carbocycles. The van der Waals surface area contributed by atoms with Gasteiger partial charge in [0.15, 0.2) is 5.82 Å². The lowest BCUT2D eigenvalue weighted by molar-refractivity contribution is -0.115. The number of nitrogens with one attached hydrogen (secondary N) is 3. The van der Waals surface area contributed by atoms with E-state index in [4.69, 9.17) is 0 Å². The van der Waals surface area contributed by atoms with Crippen molar-refractivity contribution in [3.05, 3.63) is 76.9 Å². The predicted octanol–water partition coefficient (Wildman–Crippen LogP) is 0.621. The van der Waals surface area contributed by atoms with Gasteiger partial charge in [0.2, 0.25) is 5.91 Å². The van der Waals surface area contributed by atoms with Gasteiger partial charge in [-0.15, -0.1) is 10.2 Å². The average molecular weight is 390 g/mol. The number of carbonyl (C=O) groups is 2. The van der Waals surface area contributed by atoms with Gasteiger partial charge in [-0.05, 0) is 29.8 Å². The number of imidazole rings is 1. The minimum Gasteiger partial charge on any atom is -0.326 e. The molecule has 11 heteroatoms. The van der Waals surface area contributed by atoms with E-state index >= 15 is 0 Å². The Labute approximate surface area is 162 Å². The van der Waals surface area contributed by atoms with Crippen LogP contribution >= 0.6 is 0 Å². The number of H-pyrrole nitrogens is 2. The van der Waals surface area contributed by atoms with Gasteiger partial charge in [0.05, 0.1) is 6.42 Å². The molecule has 4 aromatic rings. The highest BCUT2D eigenvalue weighted by molar-refractivity contribution is 5.95. The fraction of sp³-hybridized carbons (Fsp3) is 0.0556. The maximum Gasteiger partial charge on any atom is 0.268 e. The first-order valence-electron chi connectivity index (χ1n) is 8.49. The lowest BCUT2D eigenvalue weighted by atomic mass is 10.1. The molecule has 0 bridgehead atoms. The summed E-state index contributed by atoms with van der Waals surface area (Å²) in [6.45, 7) is 0. The van der Waals surface area contributed by atoms with Crippen LogP contribution in [-0.4, -0.2) is 47.0 Å². The minimum atomic E-state index is -0.501. The van der Waals surface area contributed by atoms with E-state index in [0.29, 0.717) is 17.2 Å². The van der Waals surface area contributed by atoms with Crippen molar-refractivity contribution in [1.82, 2.24) is 35.2 Å². The molecule has 0 unspecified atom stereocenters. The van der Waals surface area contributed by atoms with Gasteiger partial charge in [0.1, 0.15) is 11.9 Å². The van der Waals surface area contributed by atoms with Crippen molar-refractivity contribution in [1.29, 1.82) is 0 Å². The number of anilines is 1. The van der Waals surface area contributed by atoms with E-state index in [0.717, 1.165) is 5.56 Å². The van der Waals surface area contributed by atoms with Gasteiger partial charge < -0.3 is 10.3 Å². The normalized spacial score (nSPS) is 10.6. The molecule has 0 atom stereocenters. The predicted molar refractivity (Wildman–Crippen MR) is 101 cm³/mol. The van der Waals surface area contributed by atoms with E-state index in [1.165, 1.54) is 29.4 Å². The number of amides is 1. The largest absolute Gasteiger partial charge is 0.326 e. The Morgan fingerprint density at radius 2 is 1.93 bits per heavy atom. The van der Waals surface area contributed by atoms with E-state index in [1.54, 1.807) is 30.3 Å². The van der Waals surface area contributed by atoms with Crippen molar-refractivity contribution in [2.75, 3.05) is 5.32 Å². The average Bonchev–Trinajstić information content (AvgIpc) is 3.42. The molecule has 0 radical (unpaired) electrons. The van der Waals surface area contributed by atoms with Crippen LogP contribution < -0.4 is 10.9 Å². The van der Waals surface area contributed by atoms with Crippen molar-refractivity contribution >= 4 is 17.5 Å². The molecule has 0 saturated heterocycles. The number of aromatic amines is 2. The number of hydrogen-bond acceptors (Lipinski definition) is 7. The van der Waals surface area contributed by atoms with Crippen LogP contribution in [0.3, 0.4) is 0 Å². The van der Waals surface area contributed by atoms with E-state index in [9.17, 15) is 14.4 Å². The molecule has 1 amide bonds. The van der Waals surface area contributed by atoms with Crippen LogP contribution in [0.4, 0.5) is 5.69 Å². The third kappa shape index (κ3) is 3.98. The smallest absolute Gasteiger partial charge is 0.268 e. The van der Waals surface area contributed by atoms with Crippen molar-refractivity contribution < 1.29 is 9.59 Å². The van der Waals surface area contributed by atoms with Gasteiger partial charge in [0.25, 0.3) is 11.5 Å². The Kier molecular flexibility index (Phi) is 4.76. The molecule has 29 heavy (non-hydrogen) atoms. The molecule has 11 nitrogen and oxygen atoms in total. The third-order valence-electron chi connectivity index (χ3n) is 4.07. The standard InChI is InChI=1S/C18H14N8O3/c27-16(9-15-22-24-25-23-15)20-12-3-1-11(2-4-12)14-6-5-13(17(28)21-14)18(29)26-8-7-19-10-26/h1-8,10H,9H2,(H,20,27)(H,21,28)(H,22,23,24,25). The van der Waals surface area contributed by atoms with Gasteiger partial charge in [-0.3, -0.25) is 19.0 Å². The molecule has 1 aromatic carbocycles. The van der Waals surface area contributed by atoms with Crippen LogP contribution in [0.2, 0.25) is 0 Å². The molecule has 0 spiro atoms. The van der Waals surface area contributed by atoms with Crippen LogP contribution in [0.15, 0.2) is 59.9 Å². The van der Waals surface area contributed by atoms with E-state index in [1.807, 2.05) is 0 Å². The maximum absolute atomic E-state index is 12.3. The van der Waals surface area contributed by atoms with Crippen LogP contribution in [-0.2, 0) is 11.2 Å².